The Kier molecular flexibility index (Phi) is 8.43. The molecule has 0 aliphatic heterocycles. The summed E-state index contributed by atoms with van der Waals surface area (Å²) in [6.07, 6.45) is -2.54. The zero-order valence-electron chi connectivity index (χ0n) is 22.5. The molecule has 0 radical (unpaired) electrons. The zero-order valence-corrected chi connectivity index (χ0v) is 22.5. The molecule has 0 saturated carbocycles. The molecule has 1 heterocycles. The van der Waals surface area contributed by atoms with Crippen LogP contribution in [0.2, 0.25) is 0 Å². The molecular formula is C29H28O12. The minimum atomic E-state index is -1.36. The fraction of sp³-hybridized carbons (Fsp3) is 0.241. The molecule has 3 aromatic carbocycles. The number of phenols is 3. The van der Waals surface area contributed by atoms with Gasteiger partial charge in [0.25, 0.3) is 0 Å². The van der Waals surface area contributed by atoms with E-state index in [4.69, 9.17) is 28.1 Å². The lowest BCUT2D eigenvalue weighted by molar-refractivity contribution is -0.145. The number of hydrogen-bond acceptors (Lipinski definition) is 12. The maximum Gasteiger partial charge on any atom is 0.302 e. The molecular weight excluding hydrogens is 540 g/mol. The molecule has 0 aliphatic carbocycles. The van der Waals surface area contributed by atoms with Crippen molar-refractivity contribution >= 4 is 16.9 Å². The van der Waals surface area contributed by atoms with Crippen LogP contribution in [-0.2, 0) is 9.53 Å². The summed E-state index contributed by atoms with van der Waals surface area (Å²) in [4.78, 5) is 24.3. The average Bonchev–Trinajstić information content (AvgIpc) is 2.94. The van der Waals surface area contributed by atoms with Gasteiger partial charge in [-0.25, -0.2) is 0 Å². The Morgan fingerprint density at radius 2 is 1.54 bits per heavy atom. The van der Waals surface area contributed by atoms with E-state index in [0.717, 1.165) is 6.07 Å². The van der Waals surface area contributed by atoms with Crippen molar-refractivity contribution < 1.29 is 53.3 Å². The average molecular weight is 569 g/mol. The molecule has 0 aliphatic rings. The van der Waals surface area contributed by atoms with Crippen LogP contribution < -0.4 is 24.4 Å². The van der Waals surface area contributed by atoms with Crippen LogP contribution in [0.3, 0.4) is 0 Å². The molecule has 216 valence electrons. The van der Waals surface area contributed by atoms with E-state index in [1.165, 1.54) is 70.7 Å². The molecule has 0 bridgehead atoms. The van der Waals surface area contributed by atoms with Crippen LogP contribution in [0.15, 0.2) is 57.7 Å². The van der Waals surface area contributed by atoms with Crippen molar-refractivity contribution in [3.63, 3.8) is 0 Å². The summed E-state index contributed by atoms with van der Waals surface area (Å²) in [5.41, 5.74) is 0.0343. The van der Waals surface area contributed by atoms with Crippen LogP contribution in [0.5, 0.6) is 40.2 Å². The van der Waals surface area contributed by atoms with Gasteiger partial charge in [0.2, 0.25) is 5.75 Å². The Balaban J connectivity index is 1.77. The van der Waals surface area contributed by atoms with Gasteiger partial charge in [0, 0.05) is 30.7 Å². The van der Waals surface area contributed by atoms with Gasteiger partial charge in [-0.15, -0.1) is 0 Å². The smallest absolute Gasteiger partial charge is 0.302 e. The number of carbonyl (C=O) groups is 1. The topological polar surface area (TPSA) is 174 Å². The van der Waals surface area contributed by atoms with Crippen LogP contribution in [0, 0.1) is 0 Å². The van der Waals surface area contributed by atoms with Crippen molar-refractivity contribution in [2.75, 3.05) is 27.9 Å². The number of phenolic OH excluding ortho intramolecular Hbond substituents is 3. The van der Waals surface area contributed by atoms with Crippen LogP contribution in [-0.4, -0.2) is 60.4 Å². The van der Waals surface area contributed by atoms with Crippen LogP contribution in [0.25, 0.3) is 22.3 Å². The summed E-state index contributed by atoms with van der Waals surface area (Å²) in [6.45, 7) is 0.847. The molecule has 0 spiro atoms. The minimum absolute atomic E-state index is 0.0409. The predicted octanol–water partition coefficient (Wildman–Crippen LogP) is 3.65. The van der Waals surface area contributed by atoms with E-state index in [1.54, 1.807) is 0 Å². The highest BCUT2D eigenvalue weighted by Gasteiger charge is 2.29. The number of aliphatic hydroxyl groups excluding tert-OH is 1. The minimum Gasteiger partial charge on any atom is -0.508 e. The first-order chi connectivity index (χ1) is 19.6. The SMILES string of the molecule is COc1cc([C@H](O)[C@@H](COC(C)=O)Oc2c(OC)cc(-c3cc(=O)c4c(O)cc(O)cc4o3)cc2OC)ccc1O. The quantitative estimate of drug-likeness (QED) is 0.205. The Labute approximate surface area is 233 Å². The number of carbonyl (C=O) groups excluding carboxylic acids is 1. The van der Waals surface area contributed by atoms with Crippen molar-refractivity contribution in [3.8, 4) is 51.6 Å². The Morgan fingerprint density at radius 3 is 2.15 bits per heavy atom. The third-order valence-electron chi connectivity index (χ3n) is 6.16. The summed E-state index contributed by atoms with van der Waals surface area (Å²) < 4.78 is 33.2. The van der Waals surface area contributed by atoms with Crippen molar-refractivity contribution in [2.24, 2.45) is 0 Å². The number of benzene rings is 3. The molecule has 1 aromatic heterocycles. The Hall–Kier alpha value is -5.10. The van der Waals surface area contributed by atoms with Gasteiger partial charge in [-0.05, 0) is 29.8 Å². The van der Waals surface area contributed by atoms with Gasteiger partial charge in [-0.1, -0.05) is 6.07 Å². The molecule has 12 nitrogen and oxygen atoms in total. The van der Waals surface area contributed by atoms with Gasteiger partial charge in [0.1, 0.15) is 40.9 Å². The van der Waals surface area contributed by atoms with Gasteiger partial charge in [0.15, 0.2) is 34.5 Å². The molecule has 4 rings (SSSR count). The second-order valence-corrected chi connectivity index (χ2v) is 8.86. The molecule has 4 aromatic rings. The van der Waals surface area contributed by atoms with Gasteiger partial charge in [-0.3, -0.25) is 9.59 Å². The summed E-state index contributed by atoms with van der Waals surface area (Å²) >= 11 is 0. The molecule has 2 atom stereocenters. The van der Waals surface area contributed by atoms with Crippen molar-refractivity contribution in [3.05, 3.63) is 64.3 Å². The standard InChI is InChI=1S/C29H28O12/c1-14(30)39-13-26(28(35)15-5-6-18(32)22(7-15)36-2)41-29-24(37-3)8-16(9-25(29)38-4)21-12-20(34)27-19(33)10-17(31)11-23(27)40-21/h5-12,26,28,31-33,35H,13H2,1-4H3/t26-,28+/m1/s1. The van der Waals surface area contributed by atoms with E-state index in [1.807, 2.05) is 0 Å². The number of hydrogen-bond donors (Lipinski definition) is 4. The summed E-state index contributed by atoms with van der Waals surface area (Å²) in [6, 6.07) is 10.6. The van der Waals surface area contributed by atoms with Gasteiger partial charge < -0.3 is 48.5 Å². The third-order valence-corrected chi connectivity index (χ3v) is 6.16. The number of aromatic hydroxyl groups is 3. The molecule has 12 heteroatoms. The number of esters is 1. The number of fused-ring (bicyclic) bond motifs is 1. The number of ether oxygens (including phenoxy) is 5. The molecule has 0 saturated heterocycles. The lowest BCUT2D eigenvalue weighted by atomic mass is 10.0. The van der Waals surface area contributed by atoms with Crippen molar-refractivity contribution in [1.29, 1.82) is 0 Å². The first-order valence-corrected chi connectivity index (χ1v) is 12.2. The van der Waals surface area contributed by atoms with Crippen LogP contribution >= 0.6 is 0 Å². The van der Waals surface area contributed by atoms with E-state index in [-0.39, 0.29) is 57.8 Å². The normalized spacial score (nSPS) is 12.4. The number of methoxy groups -OCH3 is 3. The van der Waals surface area contributed by atoms with E-state index in [0.29, 0.717) is 11.1 Å². The van der Waals surface area contributed by atoms with E-state index in [2.05, 4.69) is 0 Å². The second kappa shape index (κ2) is 12.0. The lowest BCUT2D eigenvalue weighted by Crippen LogP contribution is -2.31. The highest BCUT2D eigenvalue weighted by molar-refractivity contribution is 5.86. The largest absolute Gasteiger partial charge is 0.508 e. The maximum atomic E-state index is 12.7. The van der Waals surface area contributed by atoms with Gasteiger partial charge in [0.05, 0.1) is 21.3 Å². The number of aliphatic hydroxyl groups is 1. The highest BCUT2D eigenvalue weighted by Crippen LogP contribution is 2.43. The Bertz CT molecular complexity index is 1620. The molecule has 0 unspecified atom stereocenters. The lowest BCUT2D eigenvalue weighted by Gasteiger charge is -2.26. The third kappa shape index (κ3) is 6.07. The molecule has 4 N–H and O–H groups in total. The zero-order chi connectivity index (χ0) is 29.8. The fourth-order valence-corrected chi connectivity index (χ4v) is 4.17. The highest BCUT2D eigenvalue weighted by atomic mass is 16.6. The van der Waals surface area contributed by atoms with E-state index >= 15 is 0 Å². The van der Waals surface area contributed by atoms with Crippen molar-refractivity contribution in [1.82, 2.24) is 0 Å². The fourth-order valence-electron chi connectivity index (χ4n) is 4.17. The molecule has 41 heavy (non-hydrogen) atoms. The summed E-state index contributed by atoms with van der Waals surface area (Å²) in [5.74, 6) is -1.00. The maximum absolute atomic E-state index is 12.7. The first-order valence-electron chi connectivity index (χ1n) is 12.2. The summed E-state index contributed by atoms with van der Waals surface area (Å²) in [7, 11) is 4.08. The van der Waals surface area contributed by atoms with Gasteiger partial charge >= 0.3 is 5.97 Å². The molecule has 0 fully saturated rings. The monoisotopic (exact) mass is 568 g/mol. The second-order valence-electron chi connectivity index (χ2n) is 8.86. The Morgan fingerprint density at radius 1 is 0.878 bits per heavy atom. The molecule has 0 amide bonds. The predicted molar refractivity (Wildman–Crippen MR) is 145 cm³/mol. The number of rotatable bonds is 10. The first kappa shape index (κ1) is 28.9. The van der Waals surface area contributed by atoms with Crippen molar-refractivity contribution in [2.45, 2.75) is 19.1 Å². The van der Waals surface area contributed by atoms with Crippen LogP contribution in [0.4, 0.5) is 0 Å². The van der Waals surface area contributed by atoms with E-state index < -0.39 is 29.4 Å². The van der Waals surface area contributed by atoms with Gasteiger partial charge in [-0.2, -0.15) is 0 Å². The summed E-state index contributed by atoms with van der Waals surface area (Å²) in [5, 5.41) is 40.9. The van der Waals surface area contributed by atoms with E-state index in [9.17, 15) is 30.0 Å². The van der Waals surface area contributed by atoms with Crippen LogP contribution in [0.1, 0.15) is 18.6 Å².